The van der Waals surface area contributed by atoms with Gasteiger partial charge in [-0.1, -0.05) is 13.8 Å². The largest absolute Gasteiger partial charge is 0.397 e. The lowest BCUT2D eigenvalue weighted by Crippen LogP contribution is -2.17. The summed E-state index contributed by atoms with van der Waals surface area (Å²) in [4.78, 5) is 0. The van der Waals surface area contributed by atoms with Gasteiger partial charge in [0.25, 0.3) is 0 Å². The second-order valence-corrected chi connectivity index (χ2v) is 4.05. The molecular weight excluding hydrogens is 200 g/mol. The van der Waals surface area contributed by atoms with Gasteiger partial charge in [-0.15, -0.1) is 0 Å². The minimum absolute atomic E-state index is 0.475. The molecule has 1 heterocycles. The van der Waals surface area contributed by atoms with E-state index < -0.39 is 0 Å². The Labute approximate surface area is 95.2 Å². The van der Waals surface area contributed by atoms with Crippen LogP contribution in [0, 0.1) is 0 Å². The number of hydrogen-bond acceptors (Lipinski definition) is 3. The topological polar surface area (TPSA) is 66.7 Å². The van der Waals surface area contributed by atoms with Crippen molar-refractivity contribution in [2.24, 2.45) is 0 Å². The number of nitrogen functional groups attached to an aromatic ring is 1. The summed E-state index contributed by atoms with van der Waals surface area (Å²) < 4.78 is 0. The van der Waals surface area contributed by atoms with Crippen LogP contribution < -0.4 is 11.1 Å². The number of benzene rings is 1. The van der Waals surface area contributed by atoms with Crippen molar-refractivity contribution in [2.45, 2.75) is 32.7 Å². The van der Waals surface area contributed by atoms with Crippen molar-refractivity contribution in [3.63, 3.8) is 0 Å². The highest BCUT2D eigenvalue weighted by Gasteiger charge is 2.07. The van der Waals surface area contributed by atoms with Crippen molar-refractivity contribution < 1.29 is 0 Å². The molecule has 0 bridgehead atoms. The van der Waals surface area contributed by atoms with Crippen molar-refractivity contribution in [1.82, 2.24) is 10.2 Å². The molecule has 0 aliphatic carbocycles. The van der Waals surface area contributed by atoms with Crippen LogP contribution in [0.5, 0.6) is 0 Å². The quantitative estimate of drug-likeness (QED) is 0.691. The highest BCUT2D eigenvalue weighted by Crippen LogP contribution is 2.25. The van der Waals surface area contributed by atoms with Gasteiger partial charge < -0.3 is 11.1 Å². The fraction of sp³-hybridized carbons (Fsp3) is 0.417. The van der Waals surface area contributed by atoms with E-state index in [1.54, 1.807) is 6.20 Å². The number of anilines is 2. The van der Waals surface area contributed by atoms with Gasteiger partial charge in [-0.3, -0.25) is 5.10 Å². The van der Waals surface area contributed by atoms with E-state index in [-0.39, 0.29) is 0 Å². The lowest BCUT2D eigenvalue weighted by Gasteiger charge is -2.17. The van der Waals surface area contributed by atoms with Crippen molar-refractivity contribution in [1.29, 1.82) is 0 Å². The first-order valence-corrected chi connectivity index (χ1v) is 5.73. The van der Waals surface area contributed by atoms with Gasteiger partial charge in [-0.05, 0) is 25.0 Å². The number of nitrogens with two attached hydrogens (primary N) is 1. The smallest absolute Gasteiger partial charge is 0.0672 e. The zero-order valence-electron chi connectivity index (χ0n) is 9.75. The molecule has 4 nitrogen and oxygen atoms in total. The number of fused-ring (bicyclic) bond motifs is 1. The third-order valence-corrected chi connectivity index (χ3v) is 2.96. The number of nitrogens with zero attached hydrogens (tertiary/aromatic N) is 1. The zero-order valence-corrected chi connectivity index (χ0v) is 9.75. The molecule has 2 rings (SSSR count). The van der Waals surface area contributed by atoms with Gasteiger partial charge in [-0.2, -0.15) is 5.10 Å². The van der Waals surface area contributed by atoms with Gasteiger partial charge in [0.1, 0.15) is 0 Å². The Hall–Kier alpha value is -1.71. The Kier molecular flexibility index (Phi) is 2.99. The molecule has 0 aliphatic heterocycles. The highest BCUT2D eigenvalue weighted by atomic mass is 15.1. The summed E-state index contributed by atoms with van der Waals surface area (Å²) in [7, 11) is 0. The molecule has 4 N–H and O–H groups in total. The number of aromatic amines is 1. The molecule has 0 radical (unpaired) electrons. The molecule has 4 heteroatoms. The van der Waals surface area contributed by atoms with E-state index >= 15 is 0 Å². The maximum absolute atomic E-state index is 6.00. The molecule has 0 saturated carbocycles. The molecular formula is C12H18N4. The van der Waals surface area contributed by atoms with Crippen molar-refractivity contribution in [2.75, 3.05) is 11.1 Å². The summed E-state index contributed by atoms with van der Waals surface area (Å²) in [5.74, 6) is 0. The van der Waals surface area contributed by atoms with Crippen LogP contribution in [0.1, 0.15) is 26.7 Å². The summed E-state index contributed by atoms with van der Waals surface area (Å²) in [6, 6.07) is 4.45. The molecule has 0 spiro atoms. The highest BCUT2D eigenvalue weighted by molar-refractivity contribution is 5.88. The minimum Gasteiger partial charge on any atom is -0.397 e. The van der Waals surface area contributed by atoms with Gasteiger partial charge >= 0.3 is 0 Å². The Morgan fingerprint density at radius 3 is 2.81 bits per heavy atom. The van der Waals surface area contributed by atoms with E-state index in [2.05, 4.69) is 29.4 Å². The van der Waals surface area contributed by atoms with E-state index in [1.165, 1.54) is 0 Å². The van der Waals surface area contributed by atoms with Crippen LogP contribution in [0.3, 0.4) is 0 Å². The third kappa shape index (κ3) is 1.96. The predicted molar refractivity (Wildman–Crippen MR) is 68.5 cm³/mol. The lowest BCUT2D eigenvalue weighted by atomic mass is 10.1. The van der Waals surface area contributed by atoms with E-state index in [1.807, 2.05) is 12.1 Å². The molecule has 0 aliphatic rings. The molecule has 0 fully saturated rings. The Morgan fingerprint density at radius 1 is 1.38 bits per heavy atom. The van der Waals surface area contributed by atoms with Crippen molar-refractivity contribution in [3.8, 4) is 0 Å². The second kappa shape index (κ2) is 4.43. The maximum atomic E-state index is 6.00. The SMILES string of the molecule is CCC(CC)Nc1cc2[nH]ncc2cc1N. The molecule has 0 unspecified atom stereocenters. The monoisotopic (exact) mass is 218 g/mol. The first-order valence-electron chi connectivity index (χ1n) is 5.73. The van der Waals surface area contributed by atoms with E-state index in [9.17, 15) is 0 Å². The molecule has 0 amide bonds. The number of rotatable bonds is 4. The number of nitrogens with one attached hydrogen (secondary N) is 2. The van der Waals surface area contributed by atoms with Crippen LogP contribution in [-0.2, 0) is 0 Å². The van der Waals surface area contributed by atoms with Gasteiger partial charge in [-0.25, -0.2) is 0 Å². The fourth-order valence-electron chi connectivity index (χ4n) is 1.85. The average molecular weight is 218 g/mol. The lowest BCUT2D eigenvalue weighted by molar-refractivity contribution is 0.672. The average Bonchev–Trinajstić information content (AvgIpc) is 2.72. The van der Waals surface area contributed by atoms with Crippen molar-refractivity contribution in [3.05, 3.63) is 18.3 Å². The summed E-state index contributed by atoms with van der Waals surface area (Å²) in [6.45, 7) is 4.35. The summed E-state index contributed by atoms with van der Waals surface area (Å²) in [5.41, 5.74) is 8.79. The maximum Gasteiger partial charge on any atom is 0.0672 e. The standard InChI is InChI=1S/C12H18N4/c1-3-9(4-2)15-12-6-11-8(5-10(12)13)7-14-16-11/h5-7,9,15H,3-4,13H2,1-2H3,(H,14,16). The van der Waals surface area contributed by atoms with E-state index in [4.69, 9.17) is 5.73 Å². The van der Waals surface area contributed by atoms with Crippen LogP contribution in [0.15, 0.2) is 18.3 Å². The summed E-state index contributed by atoms with van der Waals surface area (Å²) in [5, 5.41) is 11.5. The van der Waals surface area contributed by atoms with Crippen LogP contribution in [0.25, 0.3) is 10.9 Å². The molecule has 86 valence electrons. The van der Waals surface area contributed by atoms with Gasteiger partial charge in [0, 0.05) is 11.4 Å². The zero-order chi connectivity index (χ0) is 11.5. The van der Waals surface area contributed by atoms with Crippen LogP contribution in [0.2, 0.25) is 0 Å². The van der Waals surface area contributed by atoms with Crippen LogP contribution in [-0.4, -0.2) is 16.2 Å². The minimum atomic E-state index is 0.475. The van der Waals surface area contributed by atoms with Gasteiger partial charge in [0.15, 0.2) is 0 Å². The number of H-pyrrole nitrogens is 1. The Balaban J connectivity index is 2.32. The van der Waals surface area contributed by atoms with Gasteiger partial charge in [0.2, 0.25) is 0 Å². The summed E-state index contributed by atoms with van der Waals surface area (Å²) >= 11 is 0. The first kappa shape index (κ1) is 10.8. The Bertz CT molecular complexity index is 471. The molecule has 0 saturated heterocycles. The normalized spacial score (nSPS) is 11.2. The molecule has 1 aromatic heterocycles. The molecule has 2 aromatic rings. The first-order chi connectivity index (χ1) is 7.74. The summed E-state index contributed by atoms with van der Waals surface area (Å²) in [6.07, 6.45) is 3.97. The van der Waals surface area contributed by atoms with E-state index in [0.717, 1.165) is 35.1 Å². The molecule has 16 heavy (non-hydrogen) atoms. The number of aromatic nitrogens is 2. The van der Waals surface area contributed by atoms with Crippen LogP contribution in [0.4, 0.5) is 11.4 Å². The molecule has 1 aromatic carbocycles. The third-order valence-electron chi connectivity index (χ3n) is 2.96. The Morgan fingerprint density at radius 2 is 2.12 bits per heavy atom. The molecule has 0 atom stereocenters. The van der Waals surface area contributed by atoms with Crippen molar-refractivity contribution >= 4 is 22.3 Å². The fourth-order valence-corrected chi connectivity index (χ4v) is 1.85. The van der Waals surface area contributed by atoms with Gasteiger partial charge in [0.05, 0.1) is 23.1 Å². The predicted octanol–water partition coefficient (Wildman–Crippen LogP) is 2.75. The second-order valence-electron chi connectivity index (χ2n) is 4.05. The van der Waals surface area contributed by atoms with Crippen LogP contribution >= 0.6 is 0 Å². The number of hydrogen-bond donors (Lipinski definition) is 3. The van der Waals surface area contributed by atoms with E-state index in [0.29, 0.717) is 6.04 Å².